The molecular formula is C35H39N5O4S. The quantitative estimate of drug-likeness (QED) is 0.166. The van der Waals surface area contributed by atoms with E-state index in [-0.39, 0.29) is 24.1 Å². The van der Waals surface area contributed by atoms with Gasteiger partial charge in [-0.2, -0.15) is 0 Å². The van der Waals surface area contributed by atoms with Crippen LogP contribution in [-0.2, 0) is 20.9 Å². The average Bonchev–Trinajstić information content (AvgIpc) is 3.05. The van der Waals surface area contributed by atoms with Crippen LogP contribution in [0.1, 0.15) is 34.1 Å². The molecule has 0 aliphatic carbocycles. The average molecular weight is 626 g/mol. The minimum Gasteiger partial charge on any atom is -0.497 e. The van der Waals surface area contributed by atoms with Gasteiger partial charge in [0.1, 0.15) is 11.8 Å². The molecule has 0 saturated carbocycles. The normalized spacial score (nSPS) is 13.6. The highest BCUT2D eigenvalue weighted by molar-refractivity contribution is 7.99. The fourth-order valence-electron chi connectivity index (χ4n) is 5.31. The number of anilines is 2. The molecule has 234 valence electrons. The molecule has 2 heterocycles. The third-order valence-electron chi connectivity index (χ3n) is 7.71. The van der Waals surface area contributed by atoms with Crippen molar-refractivity contribution in [3.8, 4) is 5.75 Å². The van der Waals surface area contributed by atoms with E-state index in [1.165, 1.54) is 11.8 Å². The van der Waals surface area contributed by atoms with E-state index in [1.807, 2.05) is 87.5 Å². The van der Waals surface area contributed by atoms with Crippen molar-refractivity contribution in [3.05, 3.63) is 107 Å². The Kier molecular flexibility index (Phi) is 10.7. The second-order valence-electron chi connectivity index (χ2n) is 11.0. The first-order chi connectivity index (χ1) is 21.8. The summed E-state index contributed by atoms with van der Waals surface area (Å²) in [6.45, 7) is 9.11. The van der Waals surface area contributed by atoms with Gasteiger partial charge in [0.2, 0.25) is 5.91 Å². The molecule has 1 fully saturated rings. The Morgan fingerprint density at radius 1 is 0.956 bits per heavy atom. The monoisotopic (exact) mass is 625 g/mol. The molecule has 1 unspecified atom stereocenters. The molecule has 1 aromatic heterocycles. The molecule has 1 saturated heterocycles. The number of morpholine rings is 1. The van der Waals surface area contributed by atoms with Crippen molar-refractivity contribution < 1.29 is 19.1 Å². The first-order valence-electron chi connectivity index (χ1n) is 15.0. The molecule has 10 heteroatoms. The zero-order chi connectivity index (χ0) is 31.8. The van der Waals surface area contributed by atoms with Crippen molar-refractivity contribution in [1.82, 2.24) is 14.9 Å². The summed E-state index contributed by atoms with van der Waals surface area (Å²) in [4.78, 5) is 41.3. The standard InChI is InChI=1S/C35H39N5O4S/c1-24-7-5-6-8-28(24)22-40(32(41)23-45-35-36-25(2)21-26(3)37-35)33(27-9-15-31(43-4)16-10-27)34(42)38-29-11-13-30(14-12-29)39-17-19-44-20-18-39/h5-16,21,33H,17-20,22-23H2,1-4H3,(H,38,42). The first-order valence-corrected chi connectivity index (χ1v) is 16.0. The van der Waals surface area contributed by atoms with E-state index < -0.39 is 6.04 Å². The first kappa shape index (κ1) is 32.0. The summed E-state index contributed by atoms with van der Waals surface area (Å²) in [6.07, 6.45) is 0. The largest absolute Gasteiger partial charge is 0.497 e. The predicted molar refractivity (Wildman–Crippen MR) is 178 cm³/mol. The van der Waals surface area contributed by atoms with Crippen molar-refractivity contribution in [3.63, 3.8) is 0 Å². The number of thioether (sulfide) groups is 1. The number of amides is 2. The lowest BCUT2D eigenvalue weighted by Gasteiger charge is -2.32. The summed E-state index contributed by atoms with van der Waals surface area (Å²) in [5.74, 6) is 0.220. The highest BCUT2D eigenvalue weighted by Gasteiger charge is 2.32. The van der Waals surface area contributed by atoms with Crippen molar-refractivity contribution in [2.45, 2.75) is 38.5 Å². The van der Waals surface area contributed by atoms with Gasteiger partial charge in [0.15, 0.2) is 5.16 Å². The molecule has 1 N–H and O–H groups in total. The molecule has 4 aromatic rings. The molecule has 0 bridgehead atoms. The lowest BCUT2D eigenvalue weighted by atomic mass is 10.0. The van der Waals surface area contributed by atoms with Crippen LogP contribution in [0, 0.1) is 20.8 Å². The molecule has 3 aromatic carbocycles. The fourth-order valence-corrected chi connectivity index (χ4v) is 6.14. The van der Waals surface area contributed by atoms with Gasteiger partial charge in [-0.25, -0.2) is 9.97 Å². The van der Waals surface area contributed by atoms with Crippen LogP contribution in [0.25, 0.3) is 0 Å². The van der Waals surface area contributed by atoms with Gasteiger partial charge in [0.25, 0.3) is 5.91 Å². The third-order valence-corrected chi connectivity index (χ3v) is 8.54. The Balaban J connectivity index is 1.46. The number of aromatic nitrogens is 2. The van der Waals surface area contributed by atoms with Gasteiger partial charge in [-0.15, -0.1) is 0 Å². The molecule has 1 atom stereocenters. The van der Waals surface area contributed by atoms with E-state index in [9.17, 15) is 9.59 Å². The van der Waals surface area contributed by atoms with E-state index in [0.29, 0.717) is 35.4 Å². The van der Waals surface area contributed by atoms with Crippen molar-refractivity contribution in [2.24, 2.45) is 0 Å². The number of hydrogen-bond acceptors (Lipinski definition) is 8. The number of rotatable bonds is 11. The van der Waals surface area contributed by atoms with Crippen LogP contribution in [-0.4, -0.2) is 65.8 Å². The van der Waals surface area contributed by atoms with Crippen molar-refractivity contribution in [1.29, 1.82) is 0 Å². The second kappa shape index (κ2) is 15.0. The summed E-state index contributed by atoms with van der Waals surface area (Å²) in [5.41, 5.74) is 6.07. The number of benzene rings is 3. The van der Waals surface area contributed by atoms with Crippen molar-refractivity contribution in [2.75, 3.05) is 49.4 Å². The van der Waals surface area contributed by atoms with Gasteiger partial charge in [-0.05, 0) is 79.9 Å². The Labute approximate surface area is 269 Å². The number of ether oxygens (including phenoxy) is 2. The van der Waals surface area contributed by atoms with Crippen LogP contribution in [0.5, 0.6) is 5.75 Å². The Hall–Kier alpha value is -4.41. The van der Waals surface area contributed by atoms with E-state index >= 15 is 0 Å². The number of nitrogens with one attached hydrogen (secondary N) is 1. The predicted octanol–water partition coefficient (Wildman–Crippen LogP) is 5.75. The highest BCUT2D eigenvalue weighted by Crippen LogP contribution is 2.30. The summed E-state index contributed by atoms with van der Waals surface area (Å²) in [7, 11) is 1.60. The van der Waals surface area contributed by atoms with Crippen LogP contribution in [0.15, 0.2) is 84.0 Å². The molecular weight excluding hydrogens is 586 g/mol. The van der Waals surface area contributed by atoms with Crippen LogP contribution in [0.3, 0.4) is 0 Å². The molecule has 1 aliphatic rings. The third kappa shape index (κ3) is 8.40. The maximum absolute atomic E-state index is 14.2. The lowest BCUT2D eigenvalue weighted by Crippen LogP contribution is -2.42. The SMILES string of the molecule is COc1ccc(C(C(=O)Nc2ccc(N3CCOCC3)cc2)N(Cc2ccccc2C)C(=O)CSc2nc(C)cc(C)n2)cc1. The fraction of sp³-hybridized carbons (Fsp3) is 0.314. The summed E-state index contributed by atoms with van der Waals surface area (Å²) in [6, 6.07) is 24.0. The van der Waals surface area contributed by atoms with Crippen LogP contribution in [0.4, 0.5) is 11.4 Å². The summed E-state index contributed by atoms with van der Waals surface area (Å²) in [5, 5.41) is 3.62. The molecule has 2 amide bonds. The number of nitrogens with zero attached hydrogens (tertiary/aromatic N) is 4. The molecule has 0 radical (unpaired) electrons. The van der Waals surface area contributed by atoms with Gasteiger partial charge in [0.05, 0.1) is 26.1 Å². The highest BCUT2D eigenvalue weighted by atomic mass is 32.2. The second-order valence-corrected chi connectivity index (χ2v) is 11.9. The Morgan fingerprint density at radius 3 is 2.27 bits per heavy atom. The number of aryl methyl sites for hydroxylation is 3. The topological polar surface area (TPSA) is 96.9 Å². The molecule has 9 nitrogen and oxygen atoms in total. The molecule has 5 rings (SSSR count). The Morgan fingerprint density at radius 2 is 1.62 bits per heavy atom. The number of hydrogen-bond donors (Lipinski definition) is 1. The maximum Gasteiger partial charge on any atom is 0.251 e. The number of carbonyl (C=O) groups is 2. The number of carbonyl (C=O) groups excluding carboxylic acids is 2. The van der Waals surface area contributed by atoms with E-state index in [1.54, 1.807) is 24.1 Å². The van der Waals surface area contributed by atoms with Crippen LogP contribution < -0.4 is 15.0 Å². The molecule has 1 aliphatic heterocycles. The molecule has 0 spiro atoms. The Bertz CT molecular complexity index is 1590. The van der Waals surface area contributed by atoms with Gasteiger partial charge in [0, 0.05) is 42.4 Å². The van der Waals surface area contributed by atoms with Crippen LogP contribution >= 0.6 is 11.8 Å². The van der Waals surface area contributed by atoms with Gasteiger partial charge in [-0.1, -0.05) is 48.2 Å². The van der Waals surface area contributed by atoms with Crippen molar-refractivity contribution >= 4 is 35.0 Å². The lowest BCUT2D eigenvalue weighted by molar-refractivity contribution is -0.137. The van der Waals surface area contributed by atoms with Gasteiger partial charge in [-0.3, -0.25) is 9.59 Å². The van der Waals surface area contributed by atoms with E-state index in [2.05, 4.69) is 20.2 Å². The van der Waals surface area contributed by atoms with E-state index in [0.717, 1.165) is 41.3 Å². The van der Waals surface area contributed by atoms with Gasteiger partial charge >= 0.3 is 0 Å². The maximum atomic E-state index is 14.2. The molecule has 45 heavy (non-hydrogen) atoms. The van der Waals surface area contributed by atoms with E-state index in [4.69, 9.17) is 9.47 Å². The zero-order valence-corrected chi connectivity index (χ0v) is 27.0. The zero-order valence-electron chi connectivity index (χ0n) is 26.2. The smallest absolute Gasteiger partial charge is 0.251 e. The summed E-state index contributed by atoms with van der Waals surface area (Å²) >= 11 is 1.27. The minimum absolute atomic E-state index is 0.0724. The summed E-state index contributed by atoms with van der Waals surface area (Å²) < 4.78 is 10.9. The van der Waals surface area contributed by atoms with Crippen LogP contribution in [0.2, 0.25) is 0 Å². The number of methoxy groups -OCH3 is 1. The van der Waals surface area contributed by atoms with Gasteiger partial charge < -0.3 is 24.6 Å². The minimum atomic E-state index is -0.914.